The van der Waals surface area contributed by atoms with Crippen LogP contribution in [0, 0.1) is 0 Å². The number of ether oxygens (including phenoxy) is 2. The van der Waals surface area contributed by atoms with Gasteiger partial charge in [-0.05, 0) is 35.7 Å². The van der Waals surface area contributed by atoms with Gasteiger partial charge in [-0.3, -0.25) is 0 Å². The fraction of sp³-hybridized carbons (Fsp3) is 0.250. The molecule has 0 heterocycles. The Hall–Kier alpha value is -2.16. The van der Waals surface area contributed by atoms with Crippen molar-refractivity contribution >= 4 is 5.69 Å². The lowest BCUT2D eigenvalue weighted by molar-refractivity contribution is 0.412. The minimum absolute atomic E-state index is 0.464. The molecule has 0 fully saturated rings. The van der Waals surface area contributed by atoms with Crippen molar-refractivity contribution in [3.8, 4) is 17.2 Å². The lowest BCUT2D eigenvalue weighted by Crippen LogP contribution is -1.96. The third-order valence-corrected chi connectivity index (χ3v) is 3.00. The molecular weight excluding hydrogens is 238 g/mol. The second kappa shape index (κ2) is 5.65. The number of para-hydroxylation sites is 1. The van der Waals surface area contributed by atoms with E-state index in [0.717, 1.165) is 5.75 Å². The monoisotopic (exact) mass is 257 g/mol. The van der Waals surface area contributed by atoms with E-state index in [1.165, 1.54) is 5.56 Å². The van der Waals surface area contributed by atoms with Gasteiger partial charge in [0.25, 0.3) is 0 Å². The standard InChI is InChI=1S/C16H19NO2/c1-11(2)12-6-4-7-13(10-12)19-15-9-5-8-14(18-3)16(15)17/h4-11H,17H2,1-3H3. The molecule has 2 rings (SSSR count). The summed E-state index contributed by atoms with van der Waals surface area (Å²) in [6, 6.07) is 13.5. The van der Waals surface area contributed by atoms with Crippen molar-refractivity contribution in [2.75, 3.05) is 12.8 Å². The van der Waals surface area contributed by atoms with Crippen LogP contribution in [0.5, 0.6) is 17.2 Å². The van der Waals surface area contributed by atoms with Crippen LogP contribution in [0.25, 0.3) is 0 Å². The van der Waals surface area contributed by atoms with Crippen LogP contribution in [0.1, 0.15) is 25.3 Å². The highest BCUT2D eigenvalue weighted by Crippen LogP contribution is 2.34. The van der Waals surface area contributed by atoms with Gasteiger partial charge in [0.1, 0.15) is 17.2 Å². The number of nitrogens with two attached hydrogens (primary N) is 1. The van der Waals surface area contributed by atoms with Gasteiger partial charge in [0.05, 0.1) is 7.11 Å². The number of methoxy groups -OCH3 is 1. The second-order valence-corrected chi connectivity index (χ2v) is 4.70. The van der Waals surface area contributed by atoms with E-state index >= 15 is 0 Å². The number of hydrogen-bond donors (Lipinski definition) is 1. The molecule has 0 amide bonds. The van der Waals surface area contributed by atoms with Gasteiger partial charge in [-0.15, -0.1) is 0 Å². The summed E-state index contributed by atoms with van der Waals surface area (Å²) in [7, 11) is 1.59. The Bertz CT molecular complexity index is 564. The molecule has 0 spiro atoms. The highest BCUT2D eigenvalue weighted by atomic mass is 16.5. The zero-order valence-electron chi connectivity index (χ0n) is 11.5. The topological polar surface area (TPSA) is 44.5 Å². The molecule has 0 aliphatic rings. The Morgan fingerprint density at radius 1 is 1.00 bits per heavy atom. The minimum atomic E-state index is 0.464. The number of benzene rings is 2. The molecule has 2 N–H and O–H groups in total. The van der Waals surface area contributed by atoms with Gasteiger partial charge in [0.2, 0.25) is 0 Å². The summed E-state index contributed by atoms with van der Waals surface area (Å²) in [5, 5.41) is 0. The van der Waals surface area contributed by atoms with E-state index in [1.807, 2.05) is 36.4 Å². The summed E-state index contributed by atoms with van der Waals surface area (Å²) in [5.74, 6) is 2.48. The van der Waals surface area contributed by atoms with E-state index in [-0.39, 0.29) is 0 Å². The lowest BCUT2D eigenvalue weighted by atomic mass is 10.0. The van der Waals surface area contributed by atoms with E-state index in [9.17, 15) is 0 Å². The molecule has 0 bridgehead atoms. The van der Waals surface area contributed by atoms with Gasteiger partial charge in [-0.25, -0.2) is 0 Å². The first kappa shape index (κ1) is 13.3. The summed E-state index contributed by atoms with van der Waals surface area (Å²) in [6.45, 7) is 4.30. The van der Waals surface area contributed by atoms with Gasteiger partial charge < -0.3 is 15.2 Å². The van der Waals surface area contributed by atoms with E-state index in [2.05, 4.69) is 19.9 Å². The molecule has 0 saturated carbocycles. The highest BCUT2D eigenvalue weighted by Gasteiger charge is 2.08. The van der Waals surface area contributed by atoms with Gasteiger partial charge in [0, 0.05) is 0 Å². The van der Waals surface area contributed by atoms with E-state index in [1.54, 1.807) is 7.11 Å². The van der Waals surface area contributed by atoms with Gasteiger partial charge >= 0.3 is 0 Å². The number of anilines is 1. The predicted molar refractivity (Wildman–Crippen MR) is 78.0 cm³/mol. The molecule has 0 aliphatic carbocycles. The van der Waals surface area contributed by atoms with Crippen molar-refractivity contribution in [3.63, 3.8) is 0 Å². The van der Waals surface area contributed by atoms with E-state index in [0.29, 0.717) is 23.1 Å². The first-order valence-electron chi connectivity index (χ1n) is 6.32. The number of hydrogen-bond acceptors (Lipinski definition) is 3. The number of nitrogen functional groups attached to an aromatic ring is 1. The maximum absolute atomic E-state index is 5.99. The molecule has 100 valence electrons. The Morgan fingerprint density at radius 2 is 1.68 bits per heavy atom. The maximum Gasteiger partial charge on any atom is 0.154 e. The third kappa shape index (κ3) is 2.99. The molecule has 3 heteroatoms. The molecular formula is C16H19NO2. The summed E-state index contributed by atoms with van der Waals surface area (Å²) in [5.41, 5.74) is 7.74. The zero-order valence-corrected chi connectivity index (χ0v) is 11.5. The molecule has 0 aromatic heterocycles. The smallest absolute Gasteiger partial charge is 0.154 e. The van der Waals surface area contributed by atoms with Crippen LogP contribution < -0.4 is 15.2 Å². The van der Waals surface area contributed by atoms with Crippen LogP contribution in [-0.4, -0.2) is 7.11 Å². The Balaban J connectivity index is 2.28. The third-order valence-electron chi connectivity index (χ3n) is 3.00. The Morgan fingerprint density at radius 3 is 2.37 bits per heavy atom. The van der Waals surface area contributed by atoms with Crippen molar-refractivity contribution in [2.45, 2.75) is 19.8 Å². The highest BCUT2D eigenvalue weighted by molar-refractivity contribution is 5.63. The first-order chi connectivity index (χ1) is 9.11. The van der Waals surface area contributed by atoms with Crippen LogP contribution in [0.3, 0.4) is 0 Å². The van der Waals surface area contributed by atoms with E-state index in [4.69, 9.17) is 15.2 Å². The van der Waals surface area contributed by atoms with Gasteiger partial charge in [0.15, 0.2) is 5.75 Å². The van der Waals surface area contributed by atoms with Crippen LogP contribution in [0.15, 0.2) is 42.5 Å². The van der Waals surface area contributed by atoms with Crippen LogP contribution >= 0.6 is 0 Å². The van der Waals surface area contributed by atoms with Crippen molar-refractivity contribution < 1.29 is 9.47 Å². The van der Waals surface area contributed by atoms with Gasteiger partial charge in [-0.2, -0.15) is 0 Å². The summed E-state index contributed by atoms with van der Waals surface area (Å²) >= 11 is 0. The fourth-order valence-corrected chi connectivity index (χ4v) is 1.86. The summed E-state index contributed by atoms with van der Waals surface area (Å²) in [6.07, 6.45) is 0. The van der Waals surface area contributed by atoms with Crippen molar-refractivity contribution in [3.05, 3.63) is 48.0 Å². The molecule has 0 aliphatic heterocycles. The molecule has 0 atom stereocenters. The van der Waals surface area contributed by atoms with Crippen LogP contribution in [0.4, 0.5) is 5.69 Å². The van der Waals surface area contributed by atoms with Crippen molar-refractivity contribution in [1.82, 2.24) is 0 Å². The minimum Gasteiger partial charge on any atom is -0.494 e. The molecule has 3 nitrogen and oxygen atoms in total. The van der Waals surface area contributed by atoms with Gasteiger partial charge in [-0.1, -0.05) is 32.0 Å². The normalized spacial score (nSPS) is 10.5. The first-order valence-corrected chi connectivity index (χ1v) is 6.32. The summed E-state index contributed by atoms with van der Waals surface area (Å²) < 4.78 is 11.0. The zero-order chi connectivity index (χ0) is 13.8. The van der Waals surface area contributed by atoms with E-state index < -0.39 is 0 Å². The molecule has 0 saturated heterocycles. The number of rotatable bonds is 4. The van der Waals surface area contributed by atoms with Crippen LogP contribution in [-0.2, 0) is 0 Å². The molecule has 0 unspecified atom stereocenters. The molecule has 0 radical (unpaired) electrons. The molecule has 2 aromatic carbocycles. The maximum atomic E-state index is 5.99. The average molecular weight is 257 g/mol. The SMILES string of the molecule is COc1cccc(Oc2cccc(C(C)C)c2)c1N. The average Bonchev–Trinajstić information content (AvgIpc) is 2.41. The summed E-state index contributed by atoms with van der Waals surface area (Å²) in [4.78, 5) is 0. The Labute approximate surface area is 114 Å². The Kier molecular flexibility index (Phi) is 3.95. The molecule has 19 heavy (non-hydrogen) atoms. The van der Waals surface area contributed by atoms with Crippen molar-refractivity contribution in [1.29, 1.82) is 0 Å². The quantitative estimate of drug-likeness (QED) is 0.835. The molecule has 2 aromatic rings. The van der Waals surface area contributed by atoms with Crippen molar-refractivity contribution in [2.24, 2.45) is 0 Å². The predicted octanol–water partition coefficient (Wildman–Crippen LogP) is 4.19. The largest absolute Gasteiger partial charge is 0.494 e. The lowest BCUT2D eigenvalue weighted by Gasteiger charge is -2.13. The fourth-order valence-electron chi connectivity index (χ4n) is 1.86. The second-order valence-electron chi connectivity index (χ2n) is 4.70. The van der Waals surface area contributed by atoms with Crippen LogP contribution in [0.2, 0.25) is 0 Å².